The highest BCUT2D eigenvalue weighted by Gasteiger charge is 2.38. The van der Waals surface area contributed by atoms with Crippen LogP contribution in [0.3, 0.4) is 0 Å². The van der Waals surface area contributed by atoms with Crippen molar-refractivity contribution in [2.24, 2.45) is 0 Å². The maximum atomic E-state index is 15.2. The first-order valence-corrected chi connectivity index (χ1v) is 10.9. The molecule has 0 radical (unpaired) electrons. The second-order valence-corrected chi connectivity index (χ2v) is 8.91. The predicted octanol–water partition coefficient (Wildman–Crippen LogP) is 3.36. The fourth-order valence-electron chi connectivity index (χ4n) is 4.49. The van der Waals surface area contributed by atoms with Gasteiger partial charge in [-0.2, -0.15) is 0 Å². The Hall–Kier alpha value is -3.43. The molecule has 0 spiro atoms. The summed E-state index contributed by atoms with van der Waals surface area (Å²) in [7, 11) is 0. The summed E-state index contributed by atoms with van der Waals surface area (Å²) in [6.07, 6.45) is 2.77. The Labute approximate surface area is 191 Å². The van der Waals surface area contributed by atoms with Crippen molar-refractivity contribution in [3.8, 4) is 0 Å². The number of carboxylic acid groups (broad SMARTS) is 1. The molecule has 1 saturated heterocycles. The van der Waals surface area contributed by atoms with E-state index in [1.165, 1.54) is 6.20 Å². The van der Waals surface area contributed by atoms with E-state index >= 15 is 4.39 Å². The van der Waals surface area contributed by atoms with Gasteiger partial charge >= 0.3 is 5.97 Å². The number of hydroxylamine groups is 1. The van der Waals surface area contributed by atoms with E-state index in [9.17, 15) is 14.7 Å². The molecular formula is C23H18ClFN4O4. The van der Waals surface area contributed by atoms with Gasteiger partial charge in [0.25, 0.3) is 0 Å². The molecule has 168 valence electrons. The Bertz CT molecular complexity index is 1410. The summed E-state index contributed by atoms with van der Waals surface area (Å²) in [6, 6.07) is 8.51. The minimum Gasteiger partial charge on any atom is -0.477 e. The van der Waals surface area contributed by atoms with Gasteiger partial charge in [0.15, 0.2) is 11.6 Å². The molecule has 0 amide bonds. The van der Waals surface area contributed by atoms with Gasteiger partial charge in [0, 0.05) is 34.9 Å². The molecule has 6 rings (SSSR count). The highest BCUT2D eigenvalue weighted by atomic mass is 35.5. The molecule has 2 fully saturated rings. The summed E-state index contributed by atoms with van der Waals surface area (Å²) in [5, 5.41) is 10.0. The maximum absolute atomic E-state index is 15.2. The van der Waals surface area contributed by atoms with E-state index in [2.05, 4.69) is 10.5 Å². The monoisotopic (exact) mass is 468 g/mol. The van der Waals surface area contributed by atoms with Gasteiger partial charge in [-0.15, -0.1) is 0 Å². The lowest BCUT2D eigenvalue weighted by molar-refractivity contribution is 0.0578. The normalized spacial score (nSPS) is 19.8. The number of carbonyl (C=O) groups is 1. The molecule has 1 aliphatic carbocycles. The average Bonchev–Trinajstić information content (AvgIpc) is 3.43. The summed E-state index contributed by atoms with van der Waals surface area (Å²) < 4.78 is 16.9. The van der Waals surface area contributed by atoms with Crippen molar-refractivity contribution in [2.45, 2.75) is 25.0 Å². The van der Waals surface area contributed by atoms with E-state index in [0.29, 0.717) is 23.8 Å². The zero-order valence-corrected chi connectivity index (χ0v) is 18.0. The minimum absolute atomic E-state index is 0.0265. The lowest BCUT2D eigenvalue weighted by atomic mass is 10.1. The zero-order valence-electron chi connectivity index (χ0n) is 17.2. The largest absolute Gasteiger partial charge is 0.477 e. The van der Waals surface area contributed by atoms with Gasteiger partial charge < -0.3 is 14.6 Å². The number of nitrogens with one attached hydrogen (secondary N) is 1. The molecule has 1 saturated carbocycles. The highest BCUT2D eigenvalue weighted by molar-refractivity contribution is 6.30. The number of anilines is 1. The number of aromatic carboxylic acids is 1. The Morgan fingerprint density at radius 2 is 2.03 bits per heavy atom. The van der Waals surface area contributed by atoms with Gasteiger partial charge in [0.05, 0.1) is 17.6 Å². The summed E-state index contributed by atoms with van der Waals surface area (Å²) in [5.41, 5.74) is 4.85. The molecule has 2 aromatic heterocycles. The topological polar surface area (TPSA) is 96.7 Å². The maximum Gasteiger partial charge on any atom is 0.341 e. The Kier molecular flexibility index (Phi) is 4.46. The molecular weight excluding hydrogens is 451 g/mol. The van der Waals surface area contributed by atoms with Crippen LogP contribution in [0.15, 0.2) is 46.9 Å². The van der Waals surface area contributed by atoms with Gasteiger partial charge in [-0.1, -0.05) is 23.7 Å². The number of pyridine rings is 2. The zero-order chi connectivity index (χ0) is 22.9. The van der Waals surface area contributed by atoms with Crippen molar-refractivity contribution in [1.82, 2.24) is 15.0 Å². The number of halogens is 2. The Morgan fingerprint density at radius 3 is 2.73 bits per heavy atom. The highest BCUT2D eigenvalue weighted by Crippen LogP contribution is 2.38. The Balaban J connectivity index is 1.43. The number of hydrogen-bond acceptors (Lipinski definition) is 6. The molecule has 2 N–H and O–H groups in total. The number of hydrogen-bond donors (Lipinski definition) is 2. The van der Waals surface area contributed by atoms with Crippen LogP contribution in [0.1, 0.15) is 34.8 Å². The van der Waals surface area contributed by atoms with E-state index < -0.39 is 17.2 Å². The van der Waals surface area contributed by atoms with Crippen molar-refractivity contribution in [3.05, 3.63) is 74.3 Å². The average molecular weight is 469 g/mol. The van der Waals surface area contributed by atoms with Gasteiger partial charge in [-0.05, 0) is 31.0 Å². The molecule has 33 heavy (non-hydrogen) atoms. The van der Waals surface area contributed by atoms with Crippen molar-refractivity contribution >= 4 is 40.1 Å². The smallest absolute Gasteiger partial charge is 0.341 e. The SMILES string of the molecule is O=C(O)c1cn(C2CC2)c2nc(N3CC4=C(c5ccc(Cl)cc5)NOC4C3)c(F)cc2c1=O. The van der Waals surface area contributed by atoms with Crippen LogP contribution < -0.4 is 15.8 Å². The first-order chi connectivity index (χ1) is 15.9. The molecule has 10 heteroatoms. The van der Waals surface area contributed by atoms with E-state index in [4.69, 9.17) is 16.4 Å². The van der Waals surface area contributed by atoms with Crippen LogP contribution in [-0.2, 0) is 4.84 Å². The van der Waals surface area contributed by atoms with Gasteiger partial charge in [0.1, 0.15) is 17.3 Å². The Morgan fingerprint density at radius 1 is 1.27 bits per heavy atom. The number of nitrogens with zero attached hydrogens (tertiary/aromatic N) is 3. The molecule has 3 aliphatic rings. The first kappa shape index (κ1) is 20.2. The predicted molar refractivity (Wildman–Crippen MR) is 120 cm³/mol. The number of aromatic nitrogens is 2. The van der Waals surface area contributed by atoms with Gasteiger partial charge in [0.2, 0.25) is 5.43 Å². The molecule has 4 heterocycles. The molecule has 1 aromatic carbocycles. The second kappa shape index (κ2) is 7.29. The molecule has 1 unspecified atom stereocenters. The van der Waals surface area contributed by atoms with Crippen LogP contribution in [0.4, 0.5) is 10.2 Å². The molecule has 1 atom stereocenters. The number of carboxylic acids is 1. The van der Waals surface area contributed by atoms with E-state index in [1.54, 1.807) is 21.6 Å². The lowest BCUT2D eigenvalue weighted by Gasteiger charge is -2.20. The summed E-state index contributed by atoms with van der Waals surface area (Å²) >= 11 is 5.99. The van der Waals surface area contributed by atoms with Gasteiger partial charge in [-0.3, -0.25) is 15.1 Å². The van der Waals surface area contributed by atoms with Crippen LogP contribution in [0.2, 0.25) is 5.02 Å². The standard InChI is InChI=1S/C23H18ClFN4O4/c24-12-3-1-11(2-4-12)19-15-8-28(10-18(15)33-27-19)22-17(25)7-14-20(30)16(23(31)32)9-29(13-5-6-13)21(14)26-22/h1-4,7,9,13,18,27H,5-6,8,10H2,(H,31,32). The summed E-state index contributed by atoms with van der Waals surface area (Å²) in [4.78, 5) is 36.2. The second-order valence-electron chi connectivity index (χ2n) is 8.48. The fourth-order valence-corrected chi connectivity index (χ4v) is 4.62. The van der Waals surface area contributed by atoms with Crippen LogP contribution in [-0.4, -0.2) is 39.8 Å². The van der Waals surface area contributed by atoms with E-state index in [-0.39, 0.29) is 28.9 Å². The van der Waals surface area contributed by atoms with Crippen molar-refractivity contribution in [1.29, 1.82) is 0 Å². The van der Waals surface area contributed by atoms with Crippen LogP contribution in [0, 0.1) is 5.82 Å². The van der Waals surface area contributed by atoms with Crippen molar-refractivity contribution in [3.63, 3.8) is 0 Å². The minimum atomic E-state index is -1.33. The molecule has 0 bridgehead atoms. The number of benzene rings is 1. The quantitative estimate of drug-likeness (QED) is 0.606. The molecule has 8 nitrogen and oxygen atoms in total. The van der Waals surface area contributed by atoms with Crippen molar-refractivity contribution < 1.29 is 19.1 Å². The van der Waals surface area contributed by atoms with E-state index in [1.807, 2.05) is 12.1 Å². The number of rotatable bonds is 4. The first-order valence-electron chi connectivity index (χ1n) is 10.5. The third-order valence-electron chi connectivity index (χ3n) is 6.30. The third-order valence-corrected chi connectivity index (χ3v) is 6.55. The summed E-state index contributed by atoms with van der Waals surface area (Å²) in [5.74, 6) is -1.90. The third kappa shape index (κ3) is 3.27. The van der Waals surface area contributed by atoms with Crippen LogP contribution in [0.25, 0.3) is 16.7 Å². The van der Waals surface area contributed by atoms with E-state index in [0.717, 1.165) is 35.7 Å². The number of fused-ring (bicyclic) bond motifs is 2. The van der Waals surface area contributed by atoms with Gasteiger partial charge in [-0.25, -0.2) is 14.2 Å². The van der Waals surface area contributed by atoms with Crippen LogP contribution >= 0.6 is 11.6 Å². The van der Waals surface area contributed by atoms with Crippen molar-refractivity contribution in [2.75, 3.05) is 18.0 Å². The molecule has 2 aliphatic heterocycles. The summed E-state index contributed by atoms with van der Waals surface area (Å²) in [6.45, 7) is 0.779. The lowest BCUT2D eigenvalue weighted by Crippen LogP contribution is -2.27. The molecule has 3 aromatic rings. The van der Waals surface area contributed by atoms with Crippen LogP contribution in [0.5, 0.6) is 0 Å². The fraction of sp³-hybridized carbons (Fsp3) is 0.261.